The number of nitrogens with zero attached hydrogens (tertiary/aromatic N) is 2. The van der Waals surface area contributed by atoms with Crippen LogP contribution in [0.4, 0.5) is 5.69 Å². The Labute approximate surface area is 179 Å². The number of aryl methyl sites for hydroxylation is 2. The van der Waals surface area contributed by atoms with Crippen LogP contribution >= 0.6 is 0 Å². The Hall–Kier alpha value is -2.74. The molecule has 0 unspecified atom stereocenters. The van der Waals surface area contributed by atoms with Crippen molar-refractivity contribution in [1.29, 1.82) is 0 Å². The van der Waals surface area contributed by atoms with Crippen molar-refractivity contribution < 1.29 is 5.11 Å². The van der Waals surface area contributed by atoms with E-state index >= 15 is 0 Å². The minimum absolute atomic E-state index is 0.131. The molecule has 1 aliphatic heterocycles. The van der Waals surface area contributed by atoms with E-state index in [4.69, 9.17) is 0 Å². The van der Waals surface area contributed by atoms with Crippen LogP contribution in [0.1, 0.15) is 36.6 Å². The normalized spacial score (nSPS) is 15.2. The number of piperidine rings is 1. The first-order chi connectivity index (χ1) is 14.6. The highest BCUT2D eigenvalue weighted by Gasteiger charge is 2.18. The molecule has 4 rings (SSSR count). The van der Waals surface area contributed by atoms with Gasteiger partial charge in [0.15, 0.2) is 0 Å². The zero-order valence-corrected chi connectivity index (χ0v) is 18.0. The van der Waals surface area contributed by atoms with Gasteiger partial charge in [0.05, 0.1) is 18.3 Å². The van der Waals surface area contributed by atoms with Crippen LogP contribution in [0, 0.1) is 18.8 Å². The van der Waals surface area contributed by atoms with E-state index in [2.05, 4.69) is 89.0 Å². The Bertz CT molecular complexity index is 1050. The first-order valence-electron chi connectivity index (χ1n) is 10.9. The predicted molar refractivity (Wildman–Crippen MR) is 125 cm³/mol. The Balaban J connectivity index is 1.51. The number of aliphatic hydroxyl groups is 1. The molecular weight excluding hydrogens is 370 g/mol. The van der Waals surface area contributed by atoms with E-state index in [1.165, 1.54) is 22.0 Å². The van der Waals surface area contributed by atoms with Crippen LogP contribution in [0.3, 0.4) is 0 Å². The lowest BCUT2D eigenvalue weighted by atomic mass is 10.1. The van der Waals surface area contributed by atoms with Crippen molar-refractivity contribution in [3.8, 4) is 11.8 Å². The molecule has 2 heterocycles. The third kappa shape index (κ3) is 4.70. The molecule has 0 bridgehead atoms. The van der Waals surface area contributed by atoms with Gasteiger partial charge in [-0.3, -0.25) is 4.90 Å². The number of rotatable bonds is 5. The summed E-state index contributed by atoms with van der Waals surface area (Å²) in [6, 6.07) is 17.2. The topological polar surface area (TPSA) is 40.4 Å². The average Bonchev–Trinajstić information content (AvgIpc) is 3.12. The smallest absolute Gasteiger partial charge is 0.0931 e. The fraction of sp³-hybridized carbons (Fsp3) is 0.385. The van der Waals surface area contributed by atoms with Gasteiger partial charge in [-0.25, -0.2) is 0 Å². The standard InChI is InChI=1S/C26H31N3O/c1-3-29-23(7-5-15-27-22-11-9-20(2)10-12-22)18-25-21(6-4-8-26(25)29)19-28-16-13-24(30)14-17-28/h4,6,8-12,18,24,27,30H,3,13-17,19H2,1-2H3. The van der Waals surface area contributed by atoms with Crippen LogP contribution < -0.4 is 5.32 Å². The number of aromatic nitrogens is 1. The summed E-state index contributed by atoms with van der Waals surface area (Å²) in [5, 5.41) is 14.4. The molecule has 0 spiro atoms. The third-order valence-electron chi connectivity index (χ3n) is 5.95. The first-order valence-corrected chi connectivity index (χ1v) is 10.9. The molecule has 0 atom stereocenters. The number of nitrogens with one attached hydrogen (secondary N) is 1. The monoisotopic (exact) mass is 401 g/mol. The van der Waals surface area contributed by atoms with Crippen LogP contribution in [-0.2, 0) is 13.1 Å². The summed E-state index contributed by atoms with van der Waals surface area (Å²) in [5.41, 5.74) is 6.02. The van der Waals surface area contributed by atoms with Gasteiger partial charge in [0.25, 0.3) is 0 Å². The number of fused-ring (bicyclic) bond motifs is 1. The summed E-state index contributed by atoms with van der Waals surface area (Å²) in [7, 11) is 0. The fourth-order valence-electron chi connectivity index (χ4n) is 4.20. The molecular formula is C26H31N3O. The Kier molecular flexibility index (Phi) is 6.42. The number of anilines is 1. The largest absolute Gasteiger partial charge is 0.393 e. The maximum Gasteiger partial charge on any atom is 0.0931 e. The van der Waals surface area contributed by atoms with E-state index in [0.29, 0.717) is 6.54 Å². The van der Waals surface area contributed by atoms with Gasteiger partial charge in [-0.05, 0) is 62.4 Å². The molecule has 1 fully saturated rings. The second kappa shape index (κ2) is 9.38. The number of benzene rings is 2. The Morgan fingerprint density at radius 3 is 2.60 bits per heavy atom. The van der Waals surface area contributed by atoms with Gasteiger partial charge in [0.2, 0.25) is 0 Å². The maximum atomic E-state index is 9.77. The molecule has 3 aromatic rings. The van der Waals surface area contributed by atoms with Crippen molar-refractivity contribution in [3.05, 3.63) is 65.4 Å². The van der Waals surface area contributed by atoms with Crippen LogP contribution in [-0.4, -0.2) is 40.3 Å². The summed E-state index contributed by atoms with van der Waals surface area (Å²) in [5.74, 6) is 6.66. The second-order valence-electron chi connectivity index (χ2n) is 8.15. The summed E-state index contributed by atoms with van der Waals surface area (Å²) in [6.07, 6.45) is 1.61. The van der Waals surface area contributed by atoms with E-state index < -0.39 is 0 Å². The molecule has 0 radical (unpaired) electrons. The summed E-state index contributed by atoms with van der Waals surface area (Å²) < 4.78 is 2.30. The zero-order valence-electron chi connectivity index (χ0n) is 18.0. The van der Waals surface area contributed by atoms with Gasteiger partial charge in [0, 0.05) is 42.8 Å². The van der Waals surface area contributed by atoms with Gasteiger partial charge >= 0.3 is 0 Å². The summed E-state index contributed by atoms with van der Waals surface area (Å²) in [6.45, 7) is 8.64. The van der Waals surface area contributed by atoms with Crippen molar-refractivity contribution in [2.24, 2.45) is 0 Å². The first kappa shape index (κ1) is 20.5. The van der Waals surface area contributed by atoms with E-state index in [9.17, 15) is 5.11 Å². The van der Waals surface area contributed by atoms with E-state index in [1.807, 2.05) is 0 Å². The number of hydrogen-bond donors (Lipinski definition) is 2. The van der Waals surface area contributed by atoms with Crippen LogP contribution in [0.5, 0.6) is 0 Å². The maximum absolute atomic E-state index is 9.77. The minimum Gasteiger partial charge on any atom is -0.393 e. The van der Waals surface area contributed by atoms with Gasteiger partial charge in [-0.2, -0.15) is 0 Å². The Morgan fingerprint density at radius 1 is 1.10 bits per heavy atom. The number of likely N-dealkylation sites (tertiary alicyclic amines) is 1. The molecule has 1 aliphatic rings. The van der Waals surface area contributed by atoms with E-state index in [1.54, 1.807) is 0 Å². The molecule has 1 aromatic heterocycles. The fourth-order valence-corrected chi connectivity index (χ4v) is 4.20. The van der Waals surface area contributed by atoms with Crippen molar-refractivity contribution in [2.45, 2.75) is 45.9 Å². The molecule has 2 N–H and O–H groups in total. The van der Waals surface area contributed by atoms with Gasteiger partial charge < -0.3 is 15.0 Å². The van der Waals surface area contributed by atoms with Crippen molar-refractivity contribution in [2.75, 3.05) is 25.0 Å². The molecule has 4 nitrogen and oxygen atoms in total. The van der Waals surface area contributed by atoms with Crippen molar-refractivity contribution in [3.63, 3.8) is 0 Å². The van der Waals surface area contributed by atoms with Crippen LogP contribution in [0.15, 0.2) is 48.5 Å². The van der Waals surface area contributed by atoms with Crippen molar-refractivity contribution in [1.82, 2.24) is 9.47 Å². The van der Waals surface area contributed by atoms with Gasteiger partial charge in [-0.15, -0.1) is 0 Å². The van der Waals surface area contributed by atoms with E-state index in [0.717, 1.165) is 50.4 Å². The molecule has 0 amide bonds. The van der Waals surface area contributed by atoms with Crippen molar-refractivity contribution >= 4 is 16.6 Å². The highest BCUT2D eigenvalue weighted by molar-refractivity contribution is 5.85. The summed E-state index contributed by atoms with van der Waals surface area (Å²) >= 11 is 0. The van der Waals surface area contributed by atoms with Gasteiger partial charge in [-0.1, -0.05) is 35.7 Å². The SMILES string of the molecule is CCn1c(C#CCNc2ccc(C)cc2)cc2c(CN3CCC(O)CC3)cccc21. The third-order valence-corrected chi connectivity index (χ3v) is 5.95. The molecule has 156 valence electrons. The highest BCUT2D eigenvalue weighted by atomic mass is 16.3. The van der Waals surface area contributed by atoms with Gasteiger partial charge in [0.1, 0.15) is 0 Å². The molecule has 1 saturated heterocycles. The predicted octanol–water partition coefficient (Wildman–Crippen LogP) is 4.39. The molecule has 4 heteroatoms. The highest BCUT2D eigenvalue weighted by Crippen LogP contribution is 2.25. The average molecular weight is 402 g/mol. The quantitative estimate of drug-likeness (QED) is 0.623. The second-order valence-corrected chi connectivity index (χ2v) is 8.15. The van der Waals surface area contributed by atoms with Crippen LogP contribution in [0.25, 0.3) is 10.9 Å². The number of hydrogen-bond acceptors (Lipinski definition) is 3. The van der Waals surface area contributed by atoms with Crippen LogP contribution in [0.2, 0.25) is 0 Å². The molecule has 30 heavy (non-hydrogen) atoms. The molecule has 0 aliphatic carbocycles. The lowest BCUT2D eigenvalue weighted by Crippen LogP contribution is -2.35. The van der Waals surface area contributed by atoms with E-state index in [-0.39, 0.29) is 6.10 Å². The molecule has 2 aromatic carbocycles. The number of aliphatic hydroxyl groups excluding tert-OH is 1. The minimum atomic E-state index is -0.131. The lowest BCUT2D eigenvalue weighted by molar-refractivity contribution is 0.0794. The zero-order chi connectivity index (χ0) is 20.9. The Morgan fingerprint density at radius 2 is 1.87 bits per heavy atom. The lowest BCUT2D eigenvalue weighted by Gasteiger charge is -2.29. The molecule has 0 saturated carbocycles. The summed E-state index contributed by atoms with van der Waals surface area (Å²) in [4.78, 5) is 2.45.